The lowest BCUT2D eigenvalue weighted by atomic mass is 10.1. The van der Waals surface area contributed by atoms with Crippen LogP contribution in [0.15, 0.2) is 42.5 Å². The zero-order chi connectivity index (χ0) is 20.0. The molecule has 27 heavy (non-hydrogen) atoms. The molecule has 1 amide bonds. The van der Waals surface area contributed by atoms with Crippen molar-refractivity contribution in [3.8, 4) is 0 Å². The summed E-state index contributed by atoms with van der Waals surface area (Å²) in [6, 6.07) is 11.3. The molecule has 0 saturated heterocycles. The van der Waals surface area contributed by atoms with Gasteiger partial charge >= 0.3 is 5.97 Å². The summed E-state index contributed by atoms with van der Waals surface area (Å²) in [6.07, 6.45) is -0.174. The van der Waals surface area contributed by atoms with Crippen molar-refractivity contribution in [1.29, 1.82) is 0 Å². The predicted octanol–water partition coefficient (Wildman–Crippen LogP) is 3.38. The number of carbonyl (C=O) groups excluding carboxylic acids is 2. The molecule has 0 fully saturated rings. The number of aryl methyl sites for hydroxylation is 1. The lowest BCUT2D eigenvalue weighted by Crippen LogP contribution is -2.30. The molecule has 142 valence electrons. The highest BCUT2D eigenvalue weighted by Crippen LogP contribution is 2.25. The molecule has 8 heteroatoms. The number of nitro benzene ring substituents is 1. The van der Waals surface area contributed by atoms with Crippen LogP contribution in [0.2, 0.25) is 0 Å². The third kappa shape index (κ3) is 5.04. The summed E-state index contributed by atoms with van der Waals surface area (Å²) >= 11 is 0. The fourth-order valence-corrected chi connectivity index (χ4v) is 2.37. The van der Waals surface area contributed by atoms with Crippen LogP contribution in [-0.4, -0.2) is 30.0 Å². The standard InChI is InChI=1S/C19H21N3O5/c1-4-13-5-8-15(9-6-13)21-18(23)12(2)27-19(24)14-7-10-16(20-3)17(11-14)22(25)26/h5-12,20H,4H2,1-3H3,(H,21,23). The third-order valence-electron chi connectivity index (χ3n) is 3.98. The van der Waals surface area contributed by atoms with Crippen molar-refractivity contribution in [3.05, 3.63) is 63.7 Å². The average Bonchev–Trinajstić information content (AvgIpc) is 2.67. The topological polar surface area (TPSA) is 111 Å². The zero-order valence-corrected chi connectivity index (χ0v) is 15.3. The molecule has 1 atom stereocenters. The van der Waals surface area contributed by atoms with Crippen LogP contribution >= 0.6 is 0 Å². The summed E-state index contributed by atoms with van der Waals surface area (Å²) in [7, 11) is 1.54. The first kappa shape index (κ1) is 19.9. The quantitative estimate of drug-likeness (QED) is 0.438. The fraction of sp³-hybridized carbons (Fsp3) is 0.263. The molecule has 2 N–H and O–H groups in total. The lowest BCUT2D eigenvalue weighted by Gasteiger charge is -2.14. The Morgan fingerprint density at radius 3 is 2.41 bits per heavy atom. The number of benzene rings is 2. The van der Waals surface area contributed by atoms with Crippen LogP contribution in [0.25, 0.3) is 0 Å². The molecule has 8 nitrogen and oxygen atoms in total. The molecular formula is C19H21N3O5. The van der Waals surface area contributed by atoms with Crippen LogP contribution in [0, 0.1) is 10.1 Å². The Balaban J connectivity index is 2.04. The summed E-state index contributed by atoms with van der Waals surface area (Å²) in [5.41, 5.74) is 1.75. The number of ether oxygens (including phenoxy) is 1. The lowest BCUT2D eigenvalue weighted by molar-refractivity contribution is -0.384. The normalized spacial score (nSPS) is 11.4. The highest BCUT2D eigenvalue weighted by Gasteiger charge is 2.22. The van der Waals surface area contributed by atoms with Crippen molar-refractivity contribution in [2.75, 3.05) is 17.7 Å². The van der Waals surface area contributed by atoms with Gasteiger partial charge in [-0.15, -0.1) is 0 Å². The first-order chi connectivity index (χ1) is 12.8. The summed E-state index contributed by atoms with van der Waals surface area (Å²) in [5.74, 6) is -1.31. The first-order valence-electron chi connectivity index (χ1n) is 8.42. The van der Waals surface area contributed by atoms with E-state index in [0.29, 0.717) is 5.69 Å². The minimum Gasteiger partial charge on any atom is -0.449 e. The van der Waals surface area contributed by atoms with Gasteiger partial charge in [0.1, 0.15) is 5.69 Å². The molecular weight excluding hydrogens is 350 g/mol. The molecule has 0 radical (unpaired) electrons. The molecule has 2 aromatic carbocycles. The summed E-state index contributed by atoms with van der Waals surface area (Å²) in [4.78, 5) is 34.9. The SMILES string of the molecule is CCc1ccc(NC(=O)C(C)OC(=O)c2ccc(NC)c([N+](=O)[O-])c2)cc1. The van der Waals surface area contributed by atoms with E-state index in [9.17, 15) is 19.7 Å². The van der Waals surface area contributed by atoms with Crippen LogP contribution in [0.3, 0.4) is 0 Å². The highest BCUT2D eigenvalue weighted by molar-refractivity contribution is 5.97. The van der Waals surface area contributed by atoms with E-state index >= 15 is 0 Å². The zero-order valence-electron chi connectivity index (χ0n) is 15.3. The summed E-state index contributed by atoms with van der Waals surface area (Å²) in [5, 5.41) is 16.4. The van der Waals surface area contributed by atoms with E-state index in [1.807, 2.05) is 19.1 Å². The van der Waals surface area contributed by atoms with Crippen LogP contribution in [0.4, 0.5) is 17.1 Å². The van der Waals surface area contributed by atoms with Gasteiger partial charge in [-0.3, -0.25) is 14.9 Å². The van der Waals surface area contributed by atoms with Crippen LogP contribution < -0.4 is 10.6 Å². The minimum absolute atomic E-state index is 0.00681. The van der Waals surface area contributed by atoms with Crippen molar-refractivity contribution in [1.82, 2.24) is 0 Å². The van der Waals surface area contributed by atoms with Gasteiger partial charge in [0.2, 0.25) is 0 Å². The molecule has 0 saturated carbocycles. The van der Waals surface area contributed by atoms with Gasteiger partial charge in [0.25, 0.3) is 11.6 Å². The van der Waals surface area contributed by atoms with Gasteiger partial charge in [-0.05, 0) is 43.2 Å². The number of hydrogen-bond donors (Lipinski definition) is 2. The Morgan fingerprint density at radius 1 is 1.19 bits per heavy atom. The number of rotatable bonds is 7. The monoisotopic (exact) mass is 371 g/mol. The Kier molecular flexibility index (Phi) is 6.48. The average molecular weight is 371 g/mol. The van der Waals surface area contributed by atoms with Crippen LogP contribution in [0.1, 0.15) is 29.8 Å². The number of amides is 1. The number of carbonyl (C=O) groups is 2. The van der Waals surface area contributed by atoms with Gasteiger partial charge in [0.15, 0.2) is 6.10 Å². The molecule has 0 aliphatic heterocycles. The van der Waals surface area contributed by atoms with Crippen LogP contribution in [-0.2, 0) is 16.0 Å². The molecule has 0 bridgehead atoms. The van der Waals surface area contributed by atoms with Gasteiger partial charge in [-0.25, -0.2) is 4.79 Å². The fourth-order valence-electron chi connectivity index (χ4n) is 2.37. The van der Waals surface area contributed by atoms with Gasteiger partial charge in [0, 0.05) is 18.8 Å². The Morgan fingerprint density at radius 2 is 1.85 bits per heavy atom. The van der Waals surface area contributed by atoms with Crippen LogP contribution in [0.5, 0.6) is 0 Å². The van der Waals surface area contributed by atoms with E-state index in [4.69, 9.17) is 4.74 Å². The van der Waals surface area contributed by atoms with Crippen molar-refractivity contribution < 1.29 is 19.2 Å². The number of nitro groups is 1. The van der Waals surface area contributed by atoms with Gasteiger partial charge in [0.05, 0.1) is 10.5 Å². The number of nitrogens with one attached hydrogen (secondary N) is 2. The second kappa shape index (κ2) is 8.79. The molecule has 0 aliphatic carbocycles. The second-order valence-electron chi connectivity index (χ2n) is 5.83. The first-order valence-corrected chi connectivity index (χ1v) is 8.42. The van der Waals surface area contributed by atoms with E-state index in [2.05, 4.69) is 10.6 Å². The molecule has 0 heterocycles. The van der Waals surface area contributed by atoms with Crippen molar-refractivity contribution in [2.45, 2.75) is 26.4 Å². The largest absolute Gasteiger partial charge is 0.449 e. The van der Waals surface area contributed by atoms with Gasteiger partial charge in [-0.1, -0.05) is 19.1 Å². The smallest absolute Gasteiger partial charge is 0.339 e. The maximum atomic E-state index is 12.2. The molecule has 2 rings (SSSR count). The summed E-state index contributed by atoms with van der Waals surface area (Å²) in [6.45, 7) is 3.46. The summed E-state index contributed by atoms with van der Waals surface area (Å²) < 4.78 is 5.13. The molecule has 0 aromatic heterocycles. The molecule has 1 unspecified atom stereocenters. The number of nitrogens with zero attached hydrogens (tertiary/aromatic N) is 1. The van der Waals surface area contributed by atoms with E-state index in [-0.39, 0.29) is 16.9 Å². The molecule has 2 aromatic rings. The molecule has 0 aliphatic rings. The van der Waals surface area contributed by atoms with E-state index in [1.165, 1.54) is 19.1 Å². The second-order valence-corrected chi connectivity index (χ2v) is 5.83. The number of hydrogen-bond acceptors (Lipinski definition) is 6. The van der Waals surface area contributed by atoms with E-state index in [1.54, 1.807) is 19.2 Å². The molecule has 0 spiro atoms. The van der Waals surface area contributed by atoms with Crippen molar-refractivity contribution in [3.63, 3.8) is 0 Å². The van der Waals surface area contributed by atoms with Gasteiger partial charge < -0.3 is 15.4 Å². The maximum Gasteiger partial charge on any atom is 0.339 e. The van der Waals surface area contributed by atoms with Crippen molar-refractivity contribution in [2.24, 2.45) is 0 Å². The van der Waals surface area contributed by atoms with Crippen molar-refractivity contribution >= 4 is 28.9 Å². The van der Waals surface area contributed by atoms with E-state index in [0.717, 1.165) is 18.1 Å². The Hall–Kier alpha value is -3.42. The number of esters is 1. The highest BCUT2D eigenvalue weighted by atomic mass is 16.6. The van der Waals surface area contributed by atoms with E-state index < -0.39 is 22.9 Å². The van der Waals surface area contributed by atoms with Gasteiger partial charge in [-0.2, -0.15) is 0 Å². The number of anilines is 2. The Bertz CT molecular complexity index is 849. The predicted molar refractivity (Wildman–Crippen MR) is 102 cm³/mol. The minimum atomic E-state index is -1.06. The maximum absolute atomic E-state index is 12.2. The third-order valence-corrected chi connectivity index (χ3v) is 3.98. The Labute approximate surface area is 156 Å².